The predicted molar refractivity (Wildman–Crippen MR) is 77.0 cm³/mol. The number of aryl methyl sites for hydroxylation is 1. The zero-order valence-electron chi connectivity index (χ0n) is 11.1. The maximum Gasteiger partial charge on any atom is 0.125 e. The Balaban J connectivity index is 1.72. The summed E-state index contributed by atoms with van der Waals surface area (Å²) in [5.41, 5.74) is 4.86. The molecule has 1 N–H and O–H groups in total. The molecule has 0 saturated heterocycles. The van der Waals surface area contributed by atoms with Gasteiger partial charge in [-0.25, -0.2) is 4.39 Å². The number of rotatable bonds is 2. The van der Waals surface area contributed by atoms with E-state index in [1.54, 1.807) is 12.1 Å². The van der Waals surface area contributed by atoms with Crippen LogP contribution in [-0.4, -0.2) is 6.54 Å². The SMILES string of the molecule is Cc1ccc(CC2CNc3cc(F)ccc3C2)cc1. The third-order valence-electron chi connectivity index (χ3n) is 3.81. The van der Waals surface area contributed by atoms with Gasteiger partial charge in [-0.3, -0.25) is 0 Å². The van der Waals surface area contributed by atoms with Gasteiger partial charge in [0.25, 0.3) is 0 Å². The normalized spacial score (nSPS) is 17.7. The highest BCUT2D eigenvalue weighted by molar-refractivity contribution is 5.53. The second-order valence-corrected chi connectivity index (χ2v) is 5.44. The lowest BCUT2D eigenvalue weighted by molar-refractivity contribution is 0.533. The van der Waals surface area contributed by atoms with E-state index in [2.05, 4.69) is 36.5 Å². The van der Waals surface area contributed by atoms with Crippen molar-refractivity contribution in [1.29, 1.82) is 0 Å². The Hall–Kier alpha value is -1.83. The first-order chi connectivity index (χ1) is 9.20. The molecule has 98 valence electrons. The van der Waals surface area contributed by atoms with Crippen LogP contribution in [0, 0.1) is 18.7 Å². The number of nitrogens with one attached hydrogen (secondary N) is 1. The zero-order valence-corrected chi connectivity index (χ0v) is 11.1. The van der Waals surface area contributed by atoms with Gasteiger partial charge in [-0.1, -0.05) is 35.9 Å². The van der Waals surface area contributed by atoms with Gasteiger partial charge >= 0.3 is 0 Å². The van der Waals surface area contributed by atoms with Gasteiger partial charge in [0, 0.05) is 12.2 Å². The molecule has 0 aromatic heterocycles. The van der Waals surface area contributed by atoms with Gasteiger partial charge < -0.3 is 5.32 Å². The second kappa shape index (κ2) is 5.04. The smallest absolute Gasteiger partial charge is 0.125 e. The third-order valence-corrected chi connectivity index (χ3v) is 3.81. The van der Waals surface area contributed by atoms with Crippen molar-refractivity contribution in [1.82, 2.24) is 0 Å². The number of hydrogen-bond donors (Lipinski definition) is 1. The Kier molecular flexibility index (Phi) is 3.24. The van der Waals surface area contributed by atoms with E-state index in [-0.39, 0.29) is 5.82 Å². The van der Waals surface area contributed by atoms with Gasteiger partial charge in [0.1, 0.15) is 5.82 Å². The number of halogens is 1. The quantitative estimate of drug-likeness (QED) is 0.856. The van der Waals surface area contributed by atoms with Crippen LogP contribution < -0.4 is 5.32 Å². The molecular weight excluding hydrogens is 237 g/mol. The van der Waals surface area contributed by atoms with Crippen molar-refractivity contribution in [2.24, 2.45) is 5.92 Å². The summed E-state index contributed by atoms with van der Waals surface area (Å²) in [5.74, 6) is 0.420. The lowest BCUT2D eigenvalue weighted by Gasteiger charge is -2.26. The van der Waals surface area contributed by atoms with Gasteiger partial charge in [0.05, 0.1) is 0 Å². The molecule has 1 aliphatic rings. The largest absolute Gasteiger partial charge is 0.384 e. The van der Waals surface area contributed by atoms with Crippen LogP contribution in [0.4, 0.5) is 10.1 Å². The van der Waals surface area contributed by atoms with E-state index in [1.165, 1.54) is 16.7 Å². The lowest BCUT2D eigenvalue weighted by Crippen LogP contribution is -2.24. The molecule has 2 heteroatoms. The molecule has 0 radical (unpaired) electrons. The van der Waals surface area contributed by atoms with E-state index in [9.17, 15) is 4.39 Å². The number of anilines is 1. The molecule has 1 nitrogen and oxygen atoms in total. The van der Waals surface area contributed by atoms with Crippen molar-refractivity contribution in [3.63, 3.8) is 0 Å². The van der Waals surface area contributed by atoms with Crippen molar-refractivity contribution in [2.75, 3.05) is 11.9 Å². The lowest BCUT2D eigenvalue weighted by atomic mass is 9.89. The molecule has 1 unspecified atom stereocenters. The van der Waals surface area contributed by atoms with E-state index in [4.69, 9.17) is 0 Å². The monoisotopic (exact) mass is 255 g/mol. The molecule has 19 heavy (non-hydrogen) atoms. The summed E-state index contributed by atoms with van der Waals surface area (Å²) in [5, 5.41) is 3.35. The summed E-state index contributed by atoms with van der Waals surface area (Å²) in [6.45, 7) is 3.03. The summed E-state index contributed by atoms with van der Waals surface area (Å²) in [4.78, 5) is 0. The fourth-order valence-electron chi connectivity index (χ4n) is 2.73. The average Bonchev–Trinajstić information content (AvgIpc) is 2.42. The van der Waals surface area contributed by atoms with Gasteiger partial charge in [-0.2, -0.15) is 0 Å². The van der Waals surface area contributed by atoms with E-state index < -0.39 is 0 Å². The topological polar surface area (TPSA) is 12.0 Å². The highest BCUT2D eigenvalue weighted by Gasteiger charge is 2.18. The van der Waals surface area contributed by atoms with E-state index in [1.807, 2.05) is 6.07 Å². The predicted octanol–water partition coefficient (Wildman–Crippen LogP) is 3.96. The fourth-order valence-corrected chi connectivity index (χ4v) is 2.73. The van der Waals surface area contributed by atoms with Crippen molar-refractivity contribution in [2.45, 2.75) is 19.8 Å². The second-order valence-electron chi connectivity index (χ2n) is 5.44. The molecule has 0 aliphatic carbocycles. The summed E-state index contributed by atoms with van der Waals surface area (Å²) < 4.78 is 13.1. The standard InChI is InChI=1S/C17H18FN/c1-12-2-4-13(5-3-12)8-14-9-15-6-7-16(18)10-17(15)19-11-14/h2-7,10,14,19H,8-9,11H2,1H3. The molecule has 1 heterocycles. The van der Waals surface area contributed by atoms with E-state index in [0.29, 0.717) is 5.92 Å². The van der Waals surface area contributed by atoms with Crippen LogP contribution in [0.3, 0.4) is 0 Å². The zero-order chi connectivity index (χ0) is 13.2. The van der Waals surface area contributed by atoms with Crippen LogP contribution in [0.5, 0.6) is 0 Å². The van der Waals surface area contributed by atoms with Gasteiger partial charge in [-0.05, 0) is 48.9 Å². The van der Waals surface area contributed by atoms with Crippen molar-refractivity contribution < 1.29 is 4.39 Å². The number of fused-ring (bicyclic) bond motifs is 1. The Morgan fingerprint density at radius 3 is 2.74 bits per heavy atom. The molecule has 1 atom stereocenters. The average molecular weight is 255 g/mol. The minimum Gasteiger partial charge on any atom is -0.384 e. The first-order valence-electron chi connectivity index (χ1n) is 6.78. The maximum atomic E-state index is 13.1. The molecule has 0 amide bonds. The fraction of sp³-hybridized carbons (Fsp3) is 0.294. The molecule has 3 rings (SSSR count). The van der Waals surface area contributed by atoms with E-state index in [0.717, 1.165) is 25.1 Å². The molecular formula is C17H18FN. The van der Waals surface area contributed by atoms with Crippen LogP contribution in [0.1, 0.15) is 16.7 Å². The van der Waals surface area contributed by atoms with Crippen LogP contribution in [0.15, 0.2) is 42.5 Å². The van der Waals surface area contributed by atoms with Crippen LogP contribution >= 0.6 is 0 Å². The molecule has 2 aromatic carbocycles. The van der Waals surface area contributed by atoms with Gasteiger partial charge in [0.15, 0.2) is 0 Å². The molecule has 0 fully saturated rings. The number of hydrogen-bond acceptors (Lipinski definition) is 1. The molecule has 0 bridgehead atoms. The van der Waals surface area contributed by atoms with Gasteiger partial charge in [0.2, 0.25) is 0 Å². The molecule has 2 aromatic rings. The van der Waals surface area contributed by atoms with Crippen molar-refractivity contribution in [3.8, 4) is 0 Å². The summed E-state index contributed by atoms with van der Waals surface area (Å²) in [7, 11) is 0. The first kappa shape index (κ1) is 12.2. The maximum absolute atomic E-state index is 13.1. The van der Waals surface area contributed by atoms with Crippen molar-refractivity contribution in [3.05, 3.63) is 65.0 Å². The van der Waals surface area contributed by atoms with Crippen LogP contribution in [0.2, 0.25) is 0 Å². The molecule has 1 aliphatic heterocycles. The Bertz CT molecular complexity index is 574. The highest BCUT2D eigenvalue weighted by atomic mass is 19.1. The minimum atomic E-state index is -0.164. The Morgan fingerprint density at radius 2 is 1.95 bits per heavy atom. The number of benzene rings is 2. The van der Waals surface area contributed by atoms with E-state index >= 15 is 0 Å². The molecule has 0 saturated carbocycles. The molecule has 0 spiro atoms. The first-order valence-corrected chi connectivity index (χ1v) is 6.78. The third kappa shape index (κ3) is 2.78. The summed E-state index contributed by atoms with van der Waals surface area (Å²) in [6.07, 6.45) is 2.10. The van der Waals surface area contributed by atoms with Crippen molar-refractivity contribution >= 4 is 5.69 Å². The van der Waals surface area contributed by atoms with Crippen LogP contribution in [-0.2, 0) is 12.8 Å². The van der Waals surface area contributed by atoms with Crippen LogP contribution in [0.25, 0.3) is 0 Å². The van der Waals surface area contributed by atoms with Gasteiger partial charge in [-0.15, -0.1) is 0 Å². The Labute approximate surface area is 113 Å². The minimum absolute atomic E-state index is 0.164. The highest BCUT2D eigenvalue weighted by Crippen LogP contribution is 2.27. The summed E-state index contributed by atoms with van der Waals surface area (Å²) >= 11 is 0. The Morgan fingerprint density at radius 1 is 1.16 bits per heavy atom. The summed E-state index contributed by atoms with van der Waals surface area (Å²) in [6, 6.07) is 13.8.